The van der Waals surface area contributed by atoms with Crippen molar-refractivity contribution in [2.24, 2.45) is 0 Å². The van der Waals surface area contributed by atoms with Crippen molar-refractivity contribution in [2.45, 2.75) is 18.9 Å². The highest BCUT2D eigenvalue weighted by Gasteiger charge is 2.20. The lowest BCUT2D eigenvalue weighted by molar-refractivity contribution is 0.237. The average molecular weight is 299 g/mol. The molecule has 0 saturated heterocycles. The first-order valence-corrected chi connectivity index (χ1v) is 8.49. The number of nitrogens with one attached hydrogen (secondary N) is 1. The van der Waals surface area contributed by atoms with Gasteiger partial charge in [0.1, 0.15) is 11.9 Å². The molecule has 0 fully saturated rings. The van der Waals surface area contributed by atoms with E-state index in [4.69, 9.17) is 4.74 Å². The van der Waals surface area contributed by atoms with Crippen LogP contribution in [0.4, 0.5) is 0 Å². The molecule has 1 aliphatic rings. The molecular formula is C18H21NOS. The van der Waals surface area contributed by atoms with Gasteiger partial charge in [-0.15, -0.1) is 11.8 Å². The third kappa shape index (κ3) is 3.42. The molecule has 2 aromatic carbocycles. The molecule has 0 aliphatic carbocycles. The lowest BCUT2D eigenvalue weighted by Crippen LogP contribution is -2.23. The highest BCUT2D eigenvalue weighted by Crippen LogP contribution is 2.33. The molecule has 1 aliphatic heterocycles. The summed E-state index contributed by atoms with van der Waals surface area (Å²) in [7, 11) is 1.99. The molecule has 1 heterocycles. The van der Waals surface area contributed by atoms with Crippen LogP contribution in [-0.2, 0) is 0 Å². The number of ether oxygens (including phenoxy) is 1. The fraction of sp³-hybridized carbons (Fsp3) is 0.333. The minimum Gasteiger partial charge on any atom is -0.485 e. The van der Waals surface area contributed by atoms with Crippen LogP contribution in [0.2, 0.25) is 0 Å². The van der Waals surface area contributed by atoms with Gasteiger partial charge in [0.25, 0.3) is 0 Å². The van der Waals surface area contributed by atoms with Crippen LogP contribution >= 0.6 is 11.8 Å². The molecule has 3 rings (SSSR count). The molecule has 2 aromatic rings. The molecule has 0 aromatic heterocycles. The van der Waals surface area contributed by atoms with Gasteiger partial charge in [-0.25, -0.2) is 0 Å². The summed E-state index contributed by atoms with van der Waals surface area (Å²) in [6.07, 6.45) is 4.65. The zero-order valence-corrected chi connectivity index (χ0v) is 13.2. The molecule has 0 amide bonds. The molecule has 1 atom stereocenters. The smallest absolute Gasteiger partial charge is 0.130 e. The minimum atomic E-state index is 0.163. The summed E-state index contributed by atoms with van der Waals surface area (Å²) in [6, 6.07) is 14.7. The van der Waals surface area contributed by atoms with Crippen molar-refractivity contribution < 1.29 is 4.74 Å². The lowest BCUT2D eigenvalue weighted by Gasteiger charge is -2.21. The third-order valence-corrected chi connectivity index (χ3v) is 4.93. The first kappa shape index (κ1) is 14.5. The Hall–Kier alpha value is -1.45. The summed E-state index contributed by atoms with van der Waals surface area (Å²) in [5.41, 5.74) is 0. The van der Waals surface area contributed by atoms with E-state index in [9.17, 15) is 0 Å². The summed E-state index contributed by atoms with van der Waals surface area (Å²) in [5.74, 6) is 2.17. The van der Waals surface area contributed by atoms with E-state index in [2.05, 4.69) is 53.9 Å². The fourth-order valence-corrected chi connectivity index (χ4v) is 3.71. The second-order valence-electron chi connectivity index (χ2n) is 5.22. The van der Waals surface area contributed by atoms with Crippen molar-refractivity contribution in [1.82, 2.24) is 5.32 Å². The van der Waals surface area contributed by atoms with Gasteiger partial charge in [0.05, 0.1) is 0 Å². The van der Waals surface area contributed by atoms with Crippen molar-refractivity contribution in [3.05, 3.63) is 53.4 Å². The van der Waals surface area contributed by atoms with E-state index in [1.165, 1.54) is 21.4 Å². The summed E-state index contributed by atoms with van der Waals surface area (Å²) in [5, 5.41) is 5.65. The normalized spacial score (nSPS) is 16.0. The first-order chi connectivity index (χ1) is 10.4. The molecule has 110 valence electrons. The van der Waals surface area contributed by atoms with Crippen molar-refractivity contribution in [3.8, 4) is 5.75 Å². The quantitative estimate of drug-likeness (QED) is 0.863. The Balaban J connectivity index is 1.86. The van der Waals surface area contributed by atoms with E-state index in [-0.39, 0.29) is 6.10 Å². The van der Waals surface area contributed by atoms with Crippen molar-refractivity contribution in [1.29, 1.82) is 0 Å². The van der Waals surface area contributed by atoms with E-state index >= 15 is 0 Å². The van der Waals surface area contributed by atoms with Crippen molar-refractivity contribution >= 4 is 22.5 Å². The molecule has 2 nitrogen and oxygen atoms in total. The molecule has 21 heavy (non-hydrogen) atoms. The Kier molecular flexibility index (Phi) is 4.84. The lowest BCUT2D eigenvalue weighted by atomic mass is 10.1. The Morgan fingerprint density at radius 1 is 1.19 bits per heavy atom. The Morgan fingerprint density at radius 2 is 2.05 bits per heavy atom. The molecule has 0 saturated carbocycles. The van der Waals surface area contributed by atoms with Gasteiger partial charge in [-0.3, -0.25) is 0 Å². The van der Waals surface area contributed by atoms with E-state index in [1.54, 1.807) is 0 Å². The monoisotopic (exact) mass is 299 g/mol. The van der Waals surface area contributed by atoms with Crippen LogP contribution in [0.1, 0.15) is 12.8 Å². The Bertz CT molecular complexity index is 633. The number of fused-ring (bicyclic) bond motifs is 1. The van der Waals surface area contributed by atoms with E-state index < -0.39 is 0 Å². The van der Waals surface area contributed by atoms with Crippen LogP contribution < -0.4 is 10.1 Å². The summed E-state index contributed by atoms with van der Waals surface area (Å²) in [6.45, 7) is 0.966. The van der Waals surface area contributed by atoms with Crippen LogP contribution in [0.25, 0.3) is 10.8 Å². The van der Waals surface area contributed by atoms with Gasteiger partial charge in [0, 0.05) is 22.5 Å². The zero-order chi connectivity index (χ0) is 14.5. The van der Waals surface area contributed by atoms with Gasteiger partial charge < -0.3 is 10.1 Å². The molecule has 1 N–H and O–H groups in total. The minimum absolute atomic E-state index is 0.163. The van der Waals surface area contributed by atoms with Gasteiger partial charge in [-0.2, -0.15) is 0 Å². The zero-order valence-electron chi connectivity index (χ0n) is 12.3. The van der Waals surface area contributed by atoms with Gasteiger partial charge in [0.2, 0.25) is 0 Å². The number of allylic oxidation sites excluding steroid dienone is 1. The third-order valence-electron chi connectivity index (χ3n) is 3.72. The molecular weight excluding hydrogens is 278 g/mol. The van der Waals surface area contributed by atoms with Crippen LogP contribution in [0, 0.1) is 0 Å². The van der Waals surface area contributed by atoms with Crippen LogP contribution in [-0.4, -0.2) is 25.4 Å². The van der Waals surface area contributed by atoms with Crippen molar-refractivity contribution in [3.63, 3.8) is 0 Å². The molecule has 0 spiro atoms. The Morgan fingerprint density at radius 3 is 2.86 bits per heavy atom. The van der Waals surface area contributed by atoms with Gasteiger partial charge >= 0.3 is 0 Å². The molecule has 1 unspecified atom stereocenters. The predicted octanol–water partition coefficient (Wildman–Crippen LogP) is 4.22. The molecule has 0 radical (unpaired) electrons. The van der Waals surface area contributed by atoms with Crippen LogP contribution in [0.3, 0.4) is 0 Å². The summed E-state index contributed by atoms with van der Waals surface area (Å²) >= 11 is 1.93. The van der Waals surface area contributed by atoms with Crippen LogP contribution in [0.15, 0.2) is 53.4 Å². The van der Waals surface area contributed by atoms with E-state index in [0.29, 0.717) is 0 Å². The van der Waals surface area contributed by atoms with Crippen LogP contribution in [0.5, 0.6) is 5.75 Å². The average Bonchev–Trinajstić information content (AvgIpc) is 3.06. The first-order valence-electron chi connectivity index (χ1n) is 7.50. The maximum atomic E-state index is 6.38. The number of thioether (sulfide) groups is 1. The van der Waals surface area contributed by atoms with Gasteiger partial charge in [-0.05, 0) is 31.5 Å². The summed E-state index contributed by atoms with van der Waals surface area (Å²) < 4.78 is 6.38. The number of rotatable bonds is 6. The number of hydrogen-bond acceptors (Lipinski definition) is 3. The Labute approximate surface area is 130 Å². The number of benzene rings is 2. The fourth-order valence-electron chi connectivity index (χ4n) is 2.65. The maximum Gasteiger partial charge on any atom is 0.130 e. The van der Waals surface area contributed by atoms with Crippen molar-refractivity contribution in [2.75, 3.05) is 19.3 Å². The van der Waals surface area contributed by atoms with E-state index in [1.807, 2.05) is 18.8 Å². The molecule has 3 heteroatoms. The predicted molar refractivity (Wildman–Crippen MR) is 92.1 cm³/mol. The second kappa shape index (κ2) is 7.01. The standard InChI is InChI=1S/C18H21NOS/c1-19-12-11-17(18-10-5-13-21-18)20-16-9-4-7-14-6-2-3-8-15(14)16/h2-4,6-10,17,19H,5,11-13H2,1H3. The maximum absolute atomic E-state index is 6.38. The van der Waals surface area contributed by atoms with Gasteiger partial charge in [-0.1, -0.05) is 42.5 Å². The highest BCUT2D eigenvalue weighted by atomic mass is 32.2. The van der Waals surface area contributed by atoms with E-state index in [0.717, 1.165) is 25.1 Å². The highest BCUT2D eigenvalue weighted by molar-refractivity contribution is 8.03. The topological polar surface area (TPSA) is 21.3 Å². The van der Waals surface area contributed by atoms with Gasteiger partial charge in [0.15, 0.2) is 0 Å². The second-order valence-corrected chi connectivity index (χ2v) is 6.39. The SMILES string of the molecule is CNCCC(Oc1cccc2ccccc12)C1=CCCS1. The largest absolute Gasteiger partial charge is 0.485 e. The molecule has 0 bridgehead atoms. The number of hydrogen-bond donors (Lipinski definition) is 1. The summed E-state index contributed by atoms with van der Waals surface area (Å²) in [4.78, 5) is 1.39.